The molecule has 16 heavy (non-hydrogen) atoms. The minimum Gasteiger partial charge on any atom is -0.315 e. The first-order valence-electron chi connectivity index (χ1n) is 7.19. The van der Waals surface area contributed by atoms with Crippen LogP contribution < -0.4 is 5.32 Å². The summed E-state index contributed by atoms with van der Waals surface area (Å²) in [6.45, 7) is 11.1. The molecule has 0 amide bonds. The van der Waals surface area contributed by atoms with Crippen LogP contribution in [0.3, 0.4) is 0 Å². The maximum Gasteiger partial charge on any atom is 0.0107 e. The molecule has 1 aliphatic heterocycles. The summed E-state index contributed by atoms with van der Waals surface area (Å²) >= 11 is 0. The Balaban J connectivity index is 1.82. The molecule has 1 aliphatic carbocycles. The molecular formula is C14H28N2. The molecule has 0 spiro atoms. The highest BCUT2D eigenvalue weighted by atomic mass is 15.2. The van der Waals surface area contributed by atoms with Gasteiger partial charge in [0.25, 0.3) is 0 Å². The van der Waals surface area contributed by atoms with Gasteiger partial charge in [-0.1, -0.05) is 33.1 Å². The SMILES string of the molecule is CC1CNCCN(CC2CCCCC2C)C1. The zero-order valence-corrected chi connectivity index (χ0v) is 11.0. The summed E-state index contributed by atoms with van der Waals surface area (Å²) in [5.74, 6) is 2.75. The molecule has 1 saturated carbocycles. The lowest BCUT2D eigenvalue weighted by Gasteiger charge is -2.34. The summed E-state index contributed by atoms with van der Waals surface area (Å²) in [7, 11) is 0. The Hall–Kier alpha value is -0.0800. The van der Waals surface area contributed by atoms with Gasteiger partial charge in [0, 0.05) is 26.2 Å². The average molecular weight is 224 g/mol. The lowest BCUT2D eigenvalue weighted by molar-refractivity contribution is 0.157. The minimum atomic E-state index is 0.821. The molecule has 0 bridgehead atoms. The molecule has 2 heteroatoms. The van der Waals surface area contributed by atoms with Crippen molar-refractivity contribution in [2.45, 2.75) is 39.5 Å². The zero-order chi connectivity index (χ0) is 11.4. The molecule has 3 unspecified atom stereocenters. The second-order valence-corrected chi connectivity index (χ2v) is 6.09. The zero-order valence-electron chi connectivity index (χ0n) is 11.0. The fourth-order valence-corrected chi connectivity index (χ4v) is 3.34. The van der Waals surface area contributed by atoms with E-state index in [1.54, 1.807) is 0 Å². The van der Waals surface area contributed by atoms with E-state index in [4.69, 9.17) is 0 Å². The van der Waals surface area contributed by atoms with Crippen LogP contribution in [0.1, 0.15) is 39.5 Å². The van der Waals surface area contributed by atoms with Gasteiger partial charge in [-0.3, -0.25) is 0 Å². The second-order valence-electron chi connectivity index (χ2n) is 6.09. The third-order valence-corrected chi connectivity index (χ3v) is 4.45. The number of hydrogen-bond donors (Lipinski definition) is 1. The van der Waals surface area contributed by atoms with Crippen molar-refractivity contribution in [1.29, 1.82) is 0 Å². The quantitative estimate of drug-likeness (QED) is 0.774. The van der Waals surface area contributed by atoms with E-state index in [2.05, 4.69) is 24.1 Å². The minimum absolute atomic E-state index is 0.821. The van der Waals surface area contributed by atoms with Crippen LogP contribution in [0.2, 0.25) is 0 Å². The summed E-state index contributed by atoms with van der Waals surface area (Å²) < 4.78 is 0. The fourth-order valence-electron chi connectivity index (χ4n) is 3.34. The number of hydrogen-bond acceptors (Lipinski definition) is 2. The third kappa shape index (κ3) is 3.46. The van der Waals surface area contributed by atoms with Crippen LogP contribution in [0.4, 0.5) is 0 Å². The fraction of sp³-hybridized carbons (Fsp3) is 1.00. The highest BCUT2D eigenvalue weighted by Crippen LogP contribution is 2.30. The molecule has 1 heterocycles. The Morgan fingerprint density at radius 2 is 2.00 bits per heavy atom. The molecule has 2 fully saturated rings. The van der Waals surface area contributed by atoms with Gasteiger partial charge >= 0.3 is 0 Å². The number of nitrogens with one attached hydrogen (secondary N) is 1. The molecule has 2 aliphatic rings. The lowest BCUT2D eigenvalue weighted by atomic mass is 9.80. The van der Waals surface area contributed by atoms with Crippen molar-refractivity contribution in [3.05, 3.63) is 0 Å². The Labute approximate surface area is 101 Å². The molecule has 0 aromatic heterocycles. The molecular weight excluding hydrogens is 196 g/mol. The van der Waals surface area contributed by atoms with E-state index in [0.29, 0.717) is 0 Å². The average Bonchev–Trinajstić information content (AvgIpc) is 2.46. The Bertz CT molecular complexity index is 205. The third-order valence-electron chi connectivity index (χ3n) is 4.45. The smallest absolute Gasteiger partial charge is 0.0107 e. The first kappa shape index (κ1) is 12.4. The normalized spacial score (nSPS) is 38.2. The van der Waals surface area contributed by atoms with Crippen molar-refractivity contribution >= 4 is 0 Å². The van der Waals surface area contributed by atoms with Crippen LogP contribution in [0.15, 0.2) is 0 Å². The second kappa shape index (κ2) is 6.02. The largest absolute Gasteiger partial charge is 0.315 e. The van der Waals surface area contributed by atoms with Crippen LogP contribution in [-0.4, -0.2) is 37.6 Å². The predicted octanol–water partition coefficient (Wildman–Crippen LogP) is 2.35. The monoisotopic (exact) mass is 224 g/mol. The first-order valence-corrected chi connectivity index (χ1v) is 7.19. The summed E-state index contributed by atoms with van der Waals surface area (Å²) in [6.07, 6.45) is 5.87. The molecule has 2 nitrogen and oxygen atoms in total. The van der Waals surface area contributed by atoms with Crippen LogP contribution in [0.5, 0.6) is 0 Å². The highest BCUT2D eigenvalue weighted by Gasteiger charge is 2.24. The number of nitrogens with zero attached hydrogens (tertiary/aromatic N) is 1. The van der Waals surface area contributed by atoms with Gasteiger partial charge in [0.1, 0.15) is 0 Å². The van der Waals surface area contributed by atoms with E-state index in [-0.39, 0.29) is 0 Å². The van der Waals surface area contributed by atoms with E-state index in [9.17, 15) is 0 Å². The topological polar surface area (TPSA) is 15.3 Å². The molecule has 0 aromatic rings. The molecule has 0 radical (unpaired) electrons. The van der Waals surface area contributed by atoms with Crippen LogP contribution in [0.25, 0.3) is 0 Å². The standard InChI is InChI=1S/C14H28N2/c1-12-9-15-7-8-16(10-12)11-14-6-4-3-5-13(14)2/h12-15H,3-11H2,1-2H3. The van der Waals surface area contributed by atoms with Crippen molar-refractivity contribution in [3.63, 3.8) is 0 Å². The van der Waals surface area contributed by atoms with E-state index >= 15 is 0 Å². The lowest BCUT2D eigenvalue weighted by Crippen LogP contribution is -2.37. The van der Waals surface area contributed by atoms with Crippen molar-refractivity contribution in [2.75, 3.05) is 32.7 Å². The van der Waals surface area contributed by atoms with Gasteiger partial charge in [-0.15, -0.1) is 0 Å². The van der Waals surface area contributed by atoms with Crippen LogP contribution in [0, 0.1) is 17.8 Å². The Morgan fingerprint density at radius 1 is 1.19 bits per heavy atom. The van der Waals surface area contributed by atoms with Crippen molar-refractivity contribution in [1.82, 2.24) is 10.2 Å². The maximum absolute atomic E-state index is 3.53. The summed E-state index contributed by atoms with van der Waals surface area (Å²) in [5.41, 5.74) is 0. The van der Waals surface area contributed by atoms with Gasteiger partial charge in [0.15, 0.2) is 0 Å². The number of rotatable bonds is 2. The van der Waals surface area contributed by atoms with E-state index < -0.39 is 0 Å². The Morgan fingerprint density at radius 3 is 2.81 bits per heavy atom. The van der Waals surface area contributed by atoms with Crippen molar-refractivity contribution in [2.24, 2.45) is 17.8 Å². The van der Waals surface area contributed by atoms with Crippen molar-refractivity contribution < 1.29 is 0 Å². The highest BCUT2D eigenvalue weighted by molar-refractivity contribution is 4.78. The van der Waals surface area contributed by atoms with E-state index in [1.165, 1.54) is 58.4 Å². The molecule has 1 saturated heterocycles. The van der Waals surface area contributed by atoms with E-state index in [1.807, 2.05) is 0 Å². The van der Waals surface area contributed by atoms with E-state index in [0.717, 1.165) is 17.8 Å². The maximum atomic E-state index is 3.53. The predicted molar refractivity (Wildman–Crippen MR) is 69.6 cm³/mol. The van der Waals surface area contributed by atoms with Crippen molar-refractivity contribution in [3.8, 4) is 0 Å². The van der Waals surface area contributed by atoms with Gasteiger partial charge in [-0.25, -0.2) is 0 Å². The van der Waals surface area contributed by atoms with Gasteiger partial charge in [-0.2, -0.15) is 0 Å². The summed E-state index contributed by atoms with van der Waals surface area (Å²) in [5, 5.41) is 3.53. The van der Waals surface area contributed by atoms with Gasteiger partial charge < -0.3 is 10.2 Å². The van der Waals surface area contributed by atoms with Gasteiger partial charge in [-0.05, 0) is 30.7 Å². The van der Waals surface area contributed by atoms with Crippen LogP contribution >= 0.6 is 0 Å². The molecule has 1 N–H and O–H groups in total. The van der Waals surface area contributed by atoms with Gasteiger partial charge in [0.2, 0.25) is 0 Å². The molecule has 94 valence electrons. The molecule has 3 atom stereocenters. The van der Waals surface area contributed by atoms with Crippen LogP contribution in [-0.2, 0) is 0 Å². The van der Waals surface area contributed by atoms with Gasteiger partial charge in [0.05, 0.1) is 0 Å². The summed E-state index contributed by atoms with van der Waals surface area (Å²) in [6, 6.07) is 0. The molecule has 0 aromatic carbocycles. The summed E-state index contributed by atoms with van der Waals surface area (Å²) in [4.78, 5) is 2.71. The Kier molecular flexibility index (Phi) is 4.66. The molecule has 2 rings (SSSR count). The first-order chi connectivity index (χ1) is 7.75.